The van der Waals surface area contributed by atoms with Crippen molar-refractivity contribution in [1.29, 1.82) is 0 Å². The minimum absolute atomic E-state index is 0.0428. The fraction of sp³-hybridized carbons (Fsp3) is 0.500. The monoisotopic (exact) mass is 260 g/mol. The van der Waals surface area contributed by atoms with Crippen LogP contribution in [0.2, 0.25) is 0 Å². The van der Waals surface area contributed by atoms with Crippen LogP contribution in [0.25, 0.3) is 0 Å². The summed E-state index contributed by atoms with van der Waals surface area (Å²) in [4.78, 5) is 0. The summed E-state index contributed by atoms with van der Waals surface area (Å²) in [5, 5.41) is 7.26. The summed E-state index contributed by atoms with van der Waals surface area (Å²) in [6.45, 7) is 3.86. The molecule has 1 aromatic rings. The molecule has 88 valence electrons. The van der Waals surface area contributed by atoms with E-state index in [-0.39, 0.29) is 15.5 Å². The number of sulfonamides is 1. The van der Waals surface area contributed by atoms with Crippen LogP contribution >= 0.6 is 11.3 Å². The highest BCUT2D eigenvalue weighted by molar-refractivity contribution is 7.91. The number of hydrogen-bond donors (Lipinski definition) is 1. The summed E-state index contributed by atoms with van der Waals surface area (Å²) in [5.41, 5.74) is 5.38. The van der Waals surface area contributed by atoms with E-state index in [4.69, 9.17) is 5.73 Å². The van der Waals surface area contributed by atoms with E-state index in [9.17, 15) is 8.42 Å². The molecule has 1 aliphatic rings. The molecule has 2 rings (SSSR count). The molecule has 0 amide bonds. The number of aromatic nitrogens is 2. The third-order valence-electron chi connectivity index (χ3n) is 2.21. The van der Waals surface area contributed by atoms with Gasteiger partial charge in [0.2, 0.25) is 9.47 Å². The Kier molecular flexibility index (Phi) is 2.96. The molecule has 0 bridgehead atoms. The van der Waals surface area contributed by atoms with Gasteiger partial charge in [-0.3, -0.25) is 0 Å². The third-order valence-corrected chi connectivity index (χ3v) is 5.23. The molecule has 0 aromatic carbocycles. The Labute approximate surface area is 97.8 Å². The van der Waals surface area contributed by atoms with E-state index < -0.39 is 10.0 Å². The van der Waals surface area contributed by atoms with Crippen molar-refractivity contribution in [1.82, 2.24) is 14.5 Å². The van der Waals surface area contributed by atoms with Crippen LogP contribution in [0.4, 0.5) is 5.13 Å². The van der Waals surface area contributed by atoms with E-state index in [0.717, 1.165) is 24.2 Å². The molecule has 6 nitrogen and oxygen atoms in total. The van der Waals surface area contributed by atoms with Gasteiger partial charge in [-0.1, -0.05) is 17.4 Å². The smallest absolute Gasteiger partial charge is 0.272 e. The minimum Gasteiger partial charge on any atom is -0.374 e. The molecule has 0 spiro atoms. The molecule has 8 heteroatoms. The topological polar surface area (TPSA) is 89.2 Å². The van der Waals surface area contributed by atoms with Crippen molar-refractivity contribution in [3.63, 3.8) is 0 Å². The Morgan fingerprint density at radius 2 is 2.25 bits per heavy atom. The van der Waals surface area contributed by atoms with Gasteiger partial charge in [-0.15, -0.1) is 16.8 Å². The summed E-state index contributed by atoms with van der Waals surface area (Å²) in [6.07, 6.45) is 3.35. The van der Waals surface area contributed by atoms with Crippen LogP contribution in [-0.4, -0.2) is 35.5 Å². The Morgan fingerprint density at radius 3 is 2.69 bits per heavy atom. The summed E-state index contributed by atoms with van der Waals surface area (Å²) < 4.78 is 25.7. The number of nitrogens with zero attached hydrogens (tertiary/aromatic N) is 3. The van der Waals surface area contributed by atoms with E-state index in [0.29, 0.717) is 6.54 Å². The van der Waals surface area contributed by atoms with Gasteiger partial charge in [0, 0.05) is 12.6 Å². The molecular formula is C8H12N4O2S2. The first kappa shape index (κ1) is 11.5. The summed E-state index contributed by atoms with van der Waals surface area (Å²) in [7, 11) is -3.55. The van der Waals surface area contributed by atoms with Gasteiger partial charge in [0.1, 0.15) is 0 Å². The van der Waals surface area contributed by atoms with E-state index in [1.807, 2.05) is 0 Å². The Bertz CT molecular complexity index is 492. The number of rotatable bonds is 5. The number of anilines is 1. The minimum atomic E-state index is -3.55. The molecule has 16 heavy (non-hydrogen) atoms. The molecule has 0 atom stereocenters. The molecule has 1 aromatic heterocycles. The summed E-state index contributed by atoms with van der Waals surface area (Å²) in [6, 6.07) is 0.0770. The van der Waals surface area contributed by atoms with Crippen LogP contribution in [0.3, 0.4) is 0 Å². The predicted octanol–water partition coefficient (Wildman–Crippen LogP) is 0.459. The van der Waals surface area contributed by atoms with Crippen LogP contribution in [0.1, 0.15) is 12.8 Å². The lowest BCUT2D eigenvalue weighted by Crippen LogP contribution is -2.33. The Balaban J connectivity index is 2.32. The highest BCUT2D eigenvalue weighted by Gasteiger charge is 2.39. The molecule has 1 heterocycles. The largest absolute Gasteiger partial charge is 0.374 e. The maximum atomic E-state index is 12.1. The molecule has 0 radical (unpaired) electrons. The van der Waals surface area contributed by atoms with Gasteiger partial charge in [-0.25, -0.2) is 8.42 Å². The van der Waals surface area contributed by atoms with E-state index in [1.165, 1.54) is 4.31 Å². The second-order valence-electron chi connectivity index (χ2n) is 3.50. The molecule has 0 saturated heterocycles. The van der Waals surface area contributed by atoms with Crippen molar-refractivity contribution in [2.75, 3.05) is 12.3 Å². The quantitative estimate of drug-likeness (QED) is 0.777. The van der Waals surface area contributed by atoms with Crippen LogP contribution in [0.5, 0.6) is 0 Å². The lowest BCUT2D eigenvalue weighted by atomic mass is 10.6. The van der Waals surface area contributed by atoms with Crippen molar-refractivity contribution >= 4 is 26.5 Å². The number of nitrogens with two attached hydrogens (primary N) is 1. The van der Waals surface area contributed by atoms with Gasteiger partial charge in [0.15, 0.2) is 0 Å². The molecular weight excluding hydrogens is 248 g/mol. The lowest BCUT2D eigenvalue weighted by Gasteiger charge is -2.17. The lowest BCUT2D eigenvalue weighted by molar-refractivity contribution is 0.435. The molecule has 2 N–H and O–H groups in total. The molecule has 1 saturated carbocycles. The van der Waals surface area contributed by atoms with Crippen molar-refractivity contribution in [3.05, 3.63) is 12.7 Å². The first-order valence-corrected chi connectivity index (χ1v) is 7.03. The zero-order valence-electron chi connectivity index (χ0n) is 8.54. The zero-order chi connectivity index (χ0) is 11.8. The van der Waals surface area contributed by atoms with Gasteiger partial charge in [-0.2, -0.15) is 4.31 Å². The van der Waals surface area contributed by atoms with Gasteiger partial charge >= 0.3 is 0 Å². The SMILES string of the molecule is C=CCN(C1CC1)S(=O)(=O)c1nnc(N)s1. The normalized spacial score (nSPS) is 16.6. The van der Waals surface area contributed by atoms with Crippen LogP contribution < -0.4 is 5.73 Å². The maximum Gasteiger partial charge on any atom is 0.272 e. The van der Waals surface area contributed by atoms with Crippen LogP contribution in [-0.2, 0) is 10.0 Å². The third kappa shape index (κ3) is 2.08. The average Bonchev–Trinajstić information content (AvgIpc) is 2.96. The fourth-order valence-corrected chi connectivity index (χ4v) is 3.91. The summed E-state index contributed by atoms with van der Waals surface area (Å²) >= 11 is 0.886. The van der Waals surface area contributed by atoms with Crippen molar-refractivity contribution in [2.24, 2.45) is 0 Å². The first-order chi connectivity index (χ1) is 7.55. The van der Waals surface area contributed by atoms with Crippen molar-refractivity contribution in [2.45, 2.75) is 23.2 Å². The van der Waals surface area contributed by atoms with Crippen molar-refractivity contribution < 1.29 is 8.42 Å². The second-order valence-corrected chi connectivity index (χ2v) is 6.57. The maximum absolute atomic E-state index is 12.1. The molecule has 1 fully saturated rings. The first-order valence-electron chi connectivity index (χ1n) is 4.77. The van der Waals surface area contributed by atoms with Crippen molar-refractivity contribution in [3.8, 4) is 0 Å². The molecule has 0 unspecified atom stereocenters. The van der Waals surface area contributed by atoms with E-state index in [1.54, 1.807) is 6.08 Å². The molecule has 0 aliphatic heterocycles. The Hall–Kier alpha value is -0.990. The van der Waals surface area contributed by atoms with Gasteiger partial charge < -0.3 is 5.73 Å². The standard InChI is InChI=1S/C8H12N4O2S2/c1-2-5-12(6-3-4-6)16(13,14)8-11-10-7(9)15-8/h2,6H,1,3-5H2,(H2,9,10). The van der Waals surface area contributed by atoms with Crippen LogP contribution in [0, 0.1) is 0 Å². The van der Waals surface area contributed by atoms with Gasteiger partial charge in [0.25, 0.3) is 10.0 Å². The number of nitrogen functional groups attached to an aromatic ring is 1. The highest BCUT2D eigenvalue weighted by Crippen LogP contribution is 2.32. The van der Waals surface area contributed by atoms with E-state index in [2.05, 4.69) is 16.8 Å². The van der Waals surface area contributed by atoms with Gasteiger partial charge in [0.05, 0.1) is 0 Å². The fourth-order valence-electron chi connectivity index (χ4n) is 1.36. The number of hydrogen-bond acceptors (Lipinski definition) is 6. The summed E-state index contributed by atoms with van der Waals surface area (Å²) in [5.74, 6) is 0. The average molecular weight is 260 g/mol. The second kappa shape index (κ2) is 4.11. The predicted molar refractivity (Wildman–Crippen MR) is 61.4 cm³/mol. The molecule has 1 aliphatic carbocycles. The highest BCUT2D eigenvalue weighted by atomic mass is 32.2. The Morgan fingerprint density at radius 1 is 1.56 bits per heavy atom. The van der Waals surface area contributed by atoms with Crippen LogP contribution in [0.15, 0.2) is 17.0 Å². The zero-order valence-corrected chi connectivity index (χ0v) is 10.2. The van der Waals surface area contributed by atoms with Gasteiger partial charge in [-0.05, 0) is 12.8 Å². The van der Waals surface area contributed by atoms with E-state index >= 15 is 0 Å².